The Balaban J connectivity index is 2.82. The molecule has 30 heavy (non-hydrogen) atoms. The zero-order valence-electron chi connectivity index (χ0n) is 16.9. The maximum Gasteiger partial charge on any atom is 0.614 e. The van der Waals surface area contributed by atoms with Crippen molar-refractivity contribution in [3.8, 4) is 0 Å². The van der Waals surface area contributed by atoms with Crippen molar-refractivity contribution in [3.63, 3.8) is 0 Å². The Morgan fingerprint density at radius 1 is 1.43 bits per heavy atom. The molecule has 14 heteroatoms. The van der Waals surface area contributed by atoms with Gasteiger partial charge in [-0.2, -0.15) is 4.98 Å². The summed E-state index contributed by atoms with van der Waals surface area (Å²) in [6.07, 6.45) is -3.02. The number of rotatable bonds is 12. The van der Waals surface area contributed by atoms with Gasteiger partial charge in [-0.15, -0.1) is 4.52 Å². The predicted octanol–water partition coefficient (Wildman–Crippen LogP) is 0.961. The molecule has 0 bridgehead atoms. The Hall–Kier alpha value is -2.05. The Kier molecular flexibility index (Phi) is 9.85. The molecule has 170 valence electrons. The molecule has 1 aromatic heterocycles. The summed E-state index contributed by atoms with van der Waals surface area (Å²) in [7, 11) is -2.78. The van der Waals surface area contributed by atoms with Crippen LogP contribution in [0.15, 0.2) is 17.1 Å². The van der Waals surface area contributed by atoms with Gasteiger partial charge >= 0.3 is 19.8 Å². The van der Waals surface area contributed by atoms with Crippen LogP contribution in [-0.2, 0) is 23.4 Å². The van der Waals surface area contributed by atoms with Crippen LogP contribution in [0.1, 0.15) is 33.9 Å². The van der Waals surface area contributed by atoms with Crippen molar-refractivity contribution in [1.29, 1.82) is 0 Å². The van der Waals surface area contributed by atoms with Crippen LogP contribution in [0.4, 0.5) is 14.6 Å². The number of nitrogens with zero attached hydrogens (tertiary/aromatic N) is 2. The highest BCUT2D eigenvalue weighted by Gasteiger charge is 2.44. The molecule has 0 aliphatic heterocycles. The Morgan fingerprint density at radius 2 is 2.07 bits per heavy atom. The van der Waals surface area contributed by atoms with E-state index in [-0.39, 0.29) is 5.82 Å². The van der Waals surface area contributed by atoms with Gasteiger partial charge in [0, 0.05) is 6.20 Å². The summed E-state index contributed by atoms with van der Waals surface area (Å²) in [5, 5.41) is 12.0. The number of alkyl halides is 2. The third kappa shape index (κ3) is 7.65. The summed E-state index contributed by atoms with van der Waals surface area (Å²) in [6.45, 7) is 3.14. The summed E-state index contributed by atoms with van der Waals surface area (Å²) in [6, 6.07) is 0.139. The summed E-state index contributed by atoms with van der Waals surface area (Å²) in [5.74, 6) is -3.89. The van der Waals surface area contributed by atoms with Crippen molar-refractivity contribution in [2.45, 2.75) is 58.0 Å². The molecule has 0 aromatic carbocycles. The van der Waals surface area contributed by atoms with Gasteiger partial charge in [-0.05, 0) is 38.3 Å². The van der Waals surface area contributed by atoms with Crippen molar-refractivity contribution in [2.75, 3.05) is 19.0 Å². The fourth-order valence-corrected chi connectivity index (χ4v) is 2.81. The fourth-order valence-electron chi connectivity index (χ4n) is 2.02. The first-order valence-electron chi connectivity index (χ1n) is 8.91. The lowest BCUT2D eigenvalue weighted by molar-refractivity contribution is -0.260. The van der Waals surface area contributed by atoms with Crippen molar-refractivity contribution in [1.82, 2.24) is 14.6 Å². The first-order valence-corrected chi connectivity index (χ1v) is 10.1. The van der Waals surface area contributed by atoms with Crippen molar-refractivity contribution < 1.29 is 37.2 Å². The van der Waals surface area contributed by atoms with Crippen molar-refractivity contribution in [3.05, 3.63) is 22.7 Å². The van der Waals surface area contributed by atoms with Crippen LogP contribution in [0, 0.1) is 0 Å². The third-order valence-corrected chi connectivity index (χ3v) is 4.59. The number of carbonyl (C=O) groups is 1. The molecule has 4 N–H and O–H groups in total. The second-order valence-corrected chi connectivity index (χ2v) is 7.63. The molecule has 0 saturated heterocycles. The summed E-state index contributed by atoms with van der Waals surface area (Å²) < 4.78 is 55.8. The molecule has 0 radical (unpaired) electrons. The van der Waals surface area contributed by atoms with Gasteiger partial charge in [-0.3, -0.25) is 9.36 Å². The quantitative estimate of drug-likeness (QED) is 0.307. The lowest BCUT2D eigenvalue weighted by Gasteiger charge is -2.30. The number of carbonyl (C=O) groups excluding carboxylic acids is 1. The average molecular weight is 455 g/mol. The van der Waals surface area contributed by atoms with Gasteiger partial charge in [0.25, 0.3) is 5.85 Å². The van der Waals surface area contributed by atoms with Crippen LogP contribution in [0.5, 0.6) is 0 Å². The number of aromatic nitrogens is 2. The number of aliphatic hydroxyl groups excluding tert-OH is 1. The van der Waals surface area contributed by atoms with Crippen LogP contribution in [-0.4, -0.2) is 58.0 Å². The van der Waals surface area contributed by atoms with E-state index in [0.29, 0.717) is 4.57 Å². The summed E-state index contributed by atoms with van der Waals surface area (Å²) in [5.41, 5.74) is 4.34. The number of esters is 1. The van der Waals surface area contributed by atoms with E-state index in [4.69, 9.17) is 19.7 Å². The molecule has 0 spiro atoms. The monoisotopic (exact) mass is 455 g/mol. The summed E-state index contributed by atoms with van der Waals surface area (Å²) >= 11 is 0. The second-order valence-electron chi connectivity index (χ2n) is 6.60. The first kappa shape index (κ1) is 26.0. The fraction of sp³-hybridized carbons (Fsp3) is 0.688. The number of hydrogen-bond donors (Lipinski definition) is 3. The largest absolute Gasteiger partial charge is 0.614 e. The standard InChI is InChI=1S/C16H25F2N4O7P/c1-9(2)28-14(24)10(3)21-30(26)27-8-16(18,11(4)23)29-13(7-17)22-6-5-12(19)20-15(22)25/h5-6,9-11,13,23H,7-8H2,1-4H3,(H2-,19,20,21,25,26)/p+1/t10-,11-,13+,16+/m0/s1. The Bertz CT molecular complexity index is 795. The zero-order chi connectivity index (χ0) is 23.1. The highest BCUT2D eigenvalue weighted by Crippen LogP contribution is 2.29. The molecule has 1 rings (SSSR count). The number of anilines is 1. The van der Waals surface area contributed by atoms with Gasteiger partial charge in [0.1, 0.15) is 24.6 Å². The molecule has 0 fully saturated rings. The van der Waals surface area contributed by atoms with E-state index >= 15 is 4.39 Å². The van der Waals surface area contributed by atoms with Crippen LogP contribution in [0.25, 0.3) is 0 Å². The minimum Gasteiger partial charge on any atom is -0.462 e. The van der Waals surface area contributed by atoms with Crippen LogP contribution in [0.2, 0.25) is 0 Å². The van der Waals surface area contributed by atoms with E-state index in [0.717, 1.165) is 13.1 Å². The van der Waals surface area contributed by atoms with Gasteiger partial charge in [0.15, 0.2) is 12.8 Å². The number of halogens is 2. The van der Waals surface area contributed by atoms with Crippen LogP contribution in [0.3, 0.4) is 0 Å². The maximum absolute atomic E-state index is 15.1. The highest BCUT2D eigenvalue weighted by molar-refractivity contribution is 7.36. The van der Waals surface area contributed by atoms with Gasteiger partial charge in [-0.1, -0.05) is 5.09 Å². The predicted molar refractivity (Wildman–Crippen MR) is 102 cm³/mol. The Labute approximate surface area is 172 Å². The molecule has 1 unspecified atom stereocenters. The molecule has 0 aliphatic rings. The van der Waals surface area contributed by atoms with Crippen LogP contribution < -0.4 is 16.5 Å². The second kappa shape index (κ2) is 11.4. The van der Waals surface area contributed by atoms with Gasteiger partial charge in [-0.25, -0.2) is 13.6 Å². The van der Waals surface area contributed by atoms with Gasteiger partial charge < -0.3 is 20.3 Å². The van der Waals surface area contributed by atoms with E-state index in [1.807, 2.05) is 0 Å². The van der Waals surface area contributed by atoms with Gasteiger partial charge in [0.05, 0.1) is 6.10 Å². The normalized spacial score (nSPS) is 17.1. The molecular weight excluding hydrogens is 429 g/mol. The van der Waals surface area contributed by atoms with Crippen molar-refractivity contribution >= 4 is 20.0 Å². The maximum atomic E-state index is 15.1. The smallest absolute Gasteiger partial charge is 0.462 e. The number of ether oxygens (including phenoxy) is 2. The lowest BCUT2D eigenvalue weighted by Crippen LogP contribution is -2.46. The molecule has 1 heterocycles. The molecule has 1 aromatic rings. The zero-order valence-corrected chi connectivity index (χ0v) is 17.8. The highest BCUT2D eigenvalue weighted by atomic mass is 31.1. The average Bonchev–Trinajstić information content (AvgIpc) is 2.64. The number of aliphatic hydroxyl groups is 1. The van der Waals surface area contributed by atoms with Crippen LogP contribution >= 0.6 is 8.18 Å². The van der Waals surface area contributed by atoms with E-state index in [1.54, 1.807) is 13.8 Å². The third-order valence-electron chi connectivity index (χ3n) is 3.63. The molecular formula is C16H26F2N4O7P+. The molecule has 0 amide bonds. The molecule has 11 nitrogen and oxygen atoms in total. The van der Waals surface area contributed by atoms with E-state index < -0.39 is 63.5 Å². The van der Waals surface area contributed by atoms with Crippen molar-refractivity contribution in [2.24, 2.45) is 0 Å². The SMILES string of the molecule is CC(C)OC(=O)[C@H](C)N[P+](=O)OC[C@@](F)(O[C@H](CF)n1ccc(N)nc1=O)[C@H](C)O. The van der Waals surface area contributed by atoms with E-state index in [9.17, 15) is 23.7 Å². The molecule has 5 atom stereocenters. The van der Waals surface area contributed by atoms with E-state index in [1.165, 1.54) is 13.0 Å². The molecule has 0 aliphatic carbocycles. The number of hydrogen-bond acceptors (Lipinski definition) is 9. The summed E-state index contributed by atoms with van der Waals surface area (Å²) in [4.78, 5) is 26.9. The minimum absolute atomic E-state index is 0.132. The number of nitrogen functional groups attached to an aromatic ring is 1. The topological polar surface area (TPSA) is 155 Å². The first-order chi connectivity index (χ1) is 13.9. The Morgan fingerprint density at radius 3 is 2.57 bits per heavy atom. The minimum atomic E-state index is -3.05. The van der Waals surface area contributed by atoms with E-state index in [2.05, 4.69) is 10.1 Å². The lowest BCUT2D eigenvalue weighted by atomic mass is 10.2. The molecule has 0 saturated carbocycles. The number of nitrogens with one attached hydrogen (secondary N) is 1. The number of nitrogens with two attached hydrogens (primary N) is 1. The van der Waals surface area contributed by atoms with Gasteiger partial charge in [0.2, 0.25) is 0 Å².